The smallest absolute Gasteiger partial charge is 0.193 e. The van der Waals surface area contributed by atoms with E-state index >= 15 is 0 Å². The molecule has 1 N–H and O–H groups in total. The van der Waals surface area contributed by atoms with Crippen LogP contribution in [0.1, 0.15) is 57.8 Å². The number of likely N-dealkylation sites (tertiary alicyclic amines) is 1. The van der Waals surface area contributed by atoms with Crippen molar-refractivity contribution >= 4 is 5.96 Å². The maximum absolute atomic E-state index is 6.14. The van der Waals surface area contributed by atoms with Crippen molar-refractivity contribution < 1.29 is 14.2 Å². The molecule has 3 rings (SSSR count). The van der Waals surface area contributed by atoms with E-state index in [0.29, 0.717) is 17.6 Å². The minimum Gasteiger partial charge on any atom is -0.385 e. The first-order valence-electron chi connectivity index (χ1n) is 10.9. The highest BCUT2D eigenvalue weighted by Crippen LogP contribution is 2.43. The number of ether oxygens (including phenoxy) is 3. The highest BCUT2D eigenvalue weighted by atomic mass is 16.5. The number of nitrogens with one attached hydrogen (secondary N) is 1. The van der Waals surface area contributed by atoms with Gasteiger partial charge in [0.2, 0.25) is 0 Å². The molecule has 1 unspecified atom stereocenters. The normalized spacial score (nSPS) is 26.7. The quantitative estimate of drug-likeness (QED) is 0.518. The molecule has 0 amide bonds. The van der Waals surface area contributed by atoms with Crippen molar-refractivity contribution in [3.63, 3.8) is 0 Å². The molecule has 2 aliphatic heterocycles. The van der Waals surface area contributed by atoms with Gasteiger partial charge in [-0.05, 0) is 56.8 Å². The highest BCUT2D eigenvalue weighted by Gasteiger charge is 2.37. The summed E-state index contributed by atoms with van der Waals surface area (Å²) in [7, 11) is 3.69. The third-order valence-corrected chi connectivity index (χ3v) is 6.62. The van der Waals surface area contributed by atoms with E-state index in [4.69, 9.17) is 14.2 Å². The lowest BCUT2D eigenvalue weighted by molar-refractivity contribution is -0.0721. The fourth-order valence-corrected chi connectivity index (χ4v) is 4.53. The summed E-state index contributed by atoms with van der Waals surface area (Å²) in [4.78, 5) is 6.93. The van der Waals surface area contributed by atoms with Gasteiger partial charge in [0.25, 0.3) is 0 Å². The van der Waals surface area contributed by atoms with Gasteiger partial charge in [-0.1, -0.05) is 6.42 Å². The number of hydrogen-bond acceptors (Lipinski definition) is 4. The molecule has 1 atom stereocenters. The van der Waals surface area contributed by atoms with E-state index < -0.39 is 0 Å². The lowest BCUT2D eigenvalue weighted by Gasteiger charge is -2.43. The molecule has 156 valence electrons. The Morgan fingerprint density at radius 2 is 2.00 bits per heavy atom. The van der Waals surface area contributed by atoms with Crippen LogP contribution in [0.25, 0.3) is 0 Å². The van der Waals surface area contributed by atoms with E-state index in [1.54, 1.807) is 7.11 Å². The Hall–Kier alpha value is -0.850. The summed E-state index contributed by atoms with van der Waals surface area (Å²) < 4.78 is 17.2. The van der Waals surface area contributed by atoms with Crippen LogP contribution in [0.5, 0.6) is 0 Å². The maximum atomic E-state index is 6.14. The predicted octanol–water partition coefficient (Wildman–Crippen LogP) is 2.82. The molecular weight excluding hydrogens is 342 g/mol. The number of guanidine groups is 1. The van der Waals surface area contributed by atoms with Gasteiger partial charge in [-0.25, -0.2) is 0 Å². The Kier molecular flexibility index (Phi) is 8.22. The van der Waals surface area contributed by atoms with Crippen LogP contribution in [0.2, 0.25) is 0 Å². The van der Waals surface area contributed by atoms with Crippen LogP contribution in [-0.4, -0.2) is 76.7 Å². The van der Waals surface area contributed by atoms with Gasteiger partial charge < -0.3 is 24.4 Å². The molecule has 3 fully saturated rings. The van der Waals surface area contributed by atoms with Gasteiger partial charge in [0.15, 0.2) is 5.96 Å². The van der Waals surface area contributed by atoms with E-state index in [-0.39, 0.29) is 0 Å². The van der Waals surface area contributed by atoms with Crippen molar-refractivity contribution in [2.75, 3.05) is 53.6 Å². The summed E-state index contributed by atoms with van der Waals surface area (Å²) in [5.41, 5.74) is 0.410. The van der Waals surface area contributed by atoms with E-state index in [1.807, 2.05) is 7.05 Å². The third kappa shape index (κ3) is 6.06. The van der Waals surface area contributed by atoms with Crippen molar-refractivity contribution in [2.24, 2.45) is 10.4 Å². The molecule has 1 saturated carbocycles. The largest absolute Gasteiger partial charge is 0.385 e. The number of methoxy groups -OCH3 is 1. The number of hydrogen-bond donors (Lipinski definition) is 1. The molecule has 0 aromatic carbocycles. The number of rotatable bonds is 8. The van der Waals surface area contributed by atoms with E-state index in [0.717, 1.165) is 71.1 Å². The SMILES string of the molecule is CN=C(NCC1(CCOC)CCC1)N1CCC(OCC2CCCCO2)CC1. The summed E-state index contributed by atoms with van der Waals surface area (Å²) in [5, 5.41) is 3.65. The summed E-state index contributed by atoms with van der Waals surface area (Å²) in [6.45, 7) is 5.56. The van der Waals surface area contributed by atoms with Crippen LogP contribution in [-0.2, 0) is 14.2 Å². The van der Waals surface area contributed by atoms with E-state index in [9.17, 15) is 0 Å². The Morgan fingerprint density at radius 1 is 1.19 bits per heavy atom. The Balaban J connectivity index is 1.37. The standard InChI is InChI=1S/C21H39N3O3/c1-22-20(23-17-21(9-5-10-21)11-15-25-2)24-12-7-18(8-13-24)27-16-19-6-3-4-14-26-19/h18-19H,3-17H2,1-2H3,(H,22,23). The Bertz CT molecular complexity index is 454. The van der Waals surface area contributed by atoms with Gasteiger partial charge in [0.1, 0.15) is 0 Å². The zero-order valence-corrected chi connectivity index (χ0v) is 17.4. The van der Waals surface area contributed by atoms with E-state index in [2.05, 4.69) is 15.2 Å². The van der Waals surface area contributed by atoms with Gasteiger partial charge in [-0.2, -0.15) is 0 Å². The molecule has 6 nitrogen and oxygen atoms in total. The molecule has 3 aliphatic rings. The van der Waals surface area contributed by atoms with Crippen molar-refractivity contribution in [2.45, 2.75) is 70.0 Å². The Morgan fingerprint density at radius 3 is 2.59 bits per heavy atom. The molecule has 2 heterocycles. The fraction of sp³-hybridized carbons (Fsp3) is 0.952. The van der Waals surface area contributed by atoms with Crippen LogP contribution in [0.4, 0.5) is 0 Å². The second-order valence-electron chi connectivity index (χ2n) is 8.51. The maximum Gasteiger partial charge on any atom is 0.193 e. The number of piperidine rings is 1. The second kappa shape index (κ2) is 10.6. The monoisotopic (exact) mass is 381 g/mol. The summed E-state index contributed by atoms with van der Waals surface area (Å²) in [6, 6.07) is 0. The minimum absolute atomic E-state index is 0.317. The summed E-state index contributed by atoms with van der Waals surface area (Å²) in [5.74, 6) is 1.05. The molecule has 0 radical (unpaired) electrons. The fourth-order valence-electron chi connectivity index (χ4n) is 4.53. The summed E-state index contributed by atoms with van der Waals surface area (Å²) in [6.07, 6.45) is 11.6. The van der Waals surface area contributed by atoms with Gasteiger partial charge in [-0.15, -0.1) is 0 Å². The molecule has 1 aliphatic carbocycles. The molecule has 6 heteroatoms. The molecule has 0 spiro atoms. The lowest BCUT2D eigenvalue weighted by atomic mass is 9.67. The van der Waals surface area contributed by atoms with Crippen molar-refractivity contribution in [3.05, 3.63) is 0 Å². The first-order valence-corrected chi connectivity index (χ1v) is 10.9. The third-order valence-electron chi connectivity index (χ3n) is 6.62. The van der Waals surface area contributed by atoms with Crippen molar-refractivity contribution in [1.82, 2.24) is 10.2 Å². The van der Waals surface area contributed by atoms with E-state index in [1.165, 1.54) is 32.1 Å². The molecule has 27 heavy (non-hydrogen) atoms. The van der Waals surface area contributed by atoms with Crippen LogP contribution in [0, 0.1) is 5.41 Å². The average Bonchev–Trinajstić information content (AvgIpc) is 2.69. The lowest BCUT2D eigenvalue weighted by Crippen LogP contribution is -2.51. The van der Waals surface area contributed by atoms with Crippen molar-refractivity contribution in [3.8, 4) is 0 Å². The van der Waals surface area contributed by atoms with Crippen LogP contribution in [0.3, 0.4) is 0 Å². The zero-order valence-electron chi connectivity index (χ0n) is 17.4. The van der Waals surface area contributed by atoms with Gasteiger partial charge in [0.05, 0.1) is 18.8 Å². The molecule has 0 bridgehead atoms. The zero-order chi connectivity index (χ0) is 19.0. The minimum atomic E-state index is 0.317. The predicted molar refractivity (Wildman–Crippen MR) is 108 cm³/mol. The molecular formula is C21H39N3O3. The topological polar surface area (TPSA) is 55.3 Å². The first-order chi connectivity index (χ1) is 13.2. The highest BCUT2D eigenvalue weighted by molar-refractivity contribution is 5.80. The Labute approximate surface area is 165 Å². The first kappa shape index (κ1) is 20.9. The summed E-state index contributed by atoms with van der Waals surface area (Å²) >= 11 is 0. The van der Waals surface area contributed by atoms with Crippen LogP contribution in [0.15, 0.2) is 4.99 Å². The second-order valence-corrected chi connectivity index (χ2v) is 8.51. The number of aliphatic imine (C=N–C) groups is 1. The number of nitrogens with zero attached hydrogens (tertiary/aromatic N) is 2. The molecule has 0 aromatic heterocycles. The van der Waals surface area contributed by atoms with Gasteiger partial charge >= 0.3 is 0 Å². The van der Waals surface area contributed by atoms with Gasteiger partial charge in [0, 0.05) is 47.0 Å². The molecule has 2 saturated heterocycles. The van der Waals surface area contributed by atoms with Crippen LogP contribution >= 0.6 is 0 Å². The average molecular weight is 382 g/mol. The van der Waals surface area contributed by atoms with Crippen molar-refractivity contribution in [1.29, 1.82) is 0 Å². The van der Waals surface area contributed by atoms with Crippen LogP contribution < -0.4 is 5.32 Å². The molecule has 0 aromatic rings. The van der Waals surface area contributed by atoms with Gasteiger partial charge in [-0.3, -0.25) is 4.99 Å².